The zero-order valence-corrected chi connectivity index (χ0v) is 14.5. The van der Waals surface area contributed by atoms with Crippen molar-refractivity contribution in [2.24, 2.45) is 7.05 Å². The van der Waals surface area contributed by atoms with Gasteiger partial charge in [-0.1, -0.05) is 12.1 Å². The fourth-order valence-corrected chi connectivity index (χ4v) is 2.80. The predicted molar refractivity (Wildman–Crippen MR) is 91.3 cm³/mol. The molecule has 0 bridgehead atoms. The van der Waals surface area contributed by atoms with Crippen LogP contribution >= 0.6 is 0 Å². The van der Waals surface area contributed by atoms with Gasteiger partial charge < -0.3 is 19.7 Å². The molecular formula is C17H23N5O3. The summed E-state index contributed by atoms with van der Waals surface area (Å²) in [5.41, 5.74) is 1.14. The summed E-state index contributed by atoms with van der Waals surface area (Å²) in [7, 11) is 1.81. The standard InChI is InChI=1S/C17H23N5O3/c1-13-4-3-5-14(10-13)25-8-6-18-17(23)22-7-9-24-11-15(22)16-19-12-20-21(16)2/h3-5,10,12,15H,6-9,11H2,1-2H3,(H,18,23)/t15-/m0/s1. The summed E-state index contributed by atoms with van der Waals surface area (Å²) < 4.78 is 12.8. The molecule has 0 unspecified atom stereocenters. The van der Waals surface area contributed by atoms with Crippen molar-refractivity contribution in [2.45, 2.75) is 13.0 Å². The molecule has 1 N–H and O–H groups in total. The summed E-state index contributed by atoms with van der Waals surface area (Å²) in [6.07, 6.45) is 1.48. The van der Waals surface area contributed by atoms with E-state index in [1.807, 2.05) is 38.2 Å². The zero-order chi connectivity index (χ0) is 17.6. The van der Waals surface area contributed by atoms with E-state index in [9.17, 15) is 4.79 Å². The number of aryl methyl sites for hydroxylation is 2. The number of rotatable bonds is 5. The maximum absolute atomic E-state index is 12.5. The molecule has 1 saturated heterocycles. The molecule has 1 aromatic heterocycles. The molecule has 8 heteroatoms. The third-order valence-electron chi connectivity index (χ3n) is 4.07. The molecule has 8 nitrogen and oxygen atoms in total. The van der Waals surface area contributed by atoms with E-state index in [-0.39, 0.29) is 12.1 Å². The number of carbonyl (C=O) groups excluding carboxylic acids is 1. The first kappa shape index (κ1) is 17.2. The molecule has 1 aliphatic heterocycles. The molecule has 1 aliphatic rings. The second-order valence-corrected chi connectivity index (χ2v) is 5.92. The highest BCUT2D eigenvalue weighted by Crippen LogP contribution is 2.21. The Morgan fingerprint density at radius 3 is 3.12 bits per heavy atom. The Kier molecular flexibility index (Phi) is 5.49. The Bertz CT molecular complexity index is 718. The second-order valence-electron chi connectivity index (χ2n) is 5.92. The van der Waals surface area contributed by atoms with Gasteiger partial charge in [0.05, 0.1) is 19.8 Å². The number of hydrogen-bond acceptors (Lipinski definition) is 5. The fraction of sp³-hybridized carbons (Fsp3) is 0.471. The number of urea groups is 1. The number of carbonyl (C=O) groups is 1. The SMILES string of the molecule is Cc1cccc(OCCNC(=O)N2CCOC[C@H]2c2ncnn2C)c1. The summed E-state index contributed by atoms with van der Waals surface area (Å²) in [5.74, 6) is 1.52. The van der Waals surface area contributed by atoms with Crippen molar-refractivity contribution >= 4 is 6.03 Å². The quantitative estimate of drug-likeness (QED) is 0.826. The first-order valence-electron chi connectivity index (χ1n) is 8.30. The fourth-order valence-electron chi connectivity index (χ4n) is 2.80. The molecule has 0 saturated carbocycles. The van der Waals surface area contributed by atoms with E-state index in [0.717, 1.165) is 11.3 Å². The number of nitrogens with one attached hydrogen (secondary N) is 1. The van der Waals surface area contributed by atoms with Gasteiger partial charge >= 0.3 is 6.03 Å². The molecule has 0 aliphatic carbocycles. The Hall–Kier alpha value is -2.61. The summed E-state index contributed by atoms with van der Waals surface area (Å²) in [5, 5.41) is 6.97. The van der Waals surface area contributed by atoms with Gasteiger partial charge in [0.2, 0.25) is 0 Å². The van der Waals surface area contributed by atoms with Crippen LogP contribution in [-0.2, 0) is 11.8 Å². The zero-order valence-electron chi connectivity index (χ0n) is 14.5. The van der Waals surface area contributed by atoms with Crippen molar-refractivity contribution in [3.8, 4) is 5.75 Å². The van der Waals surface area contributed by atoms with Gasteiger partial charge in [0.15, 0.2) is 5.82 Å². The number of hydrogen-bond donors (Lipinski definition) is 1. The summed E-state index contributed by atoms with van der Waals surface area (Å²) >= 11 is 0. The minimum absolute atomic E-state index is 0.149. The van der Waals surface area contributed by atoms with Crippen LogP contribution in [0.3, 0.4) is 0 Å². The topological polar surface area (TPSA) is 81.5 Å². The van der Waals surface area contributed by atoms with E-state index in [1.54, 1.807) is 9.58 Å². The number of benzene rings is 1. The molecule has 1 aromatic carbocycles. The van der Waals surface area contributed by atoms with Gasteiger partial charge in [-0.2, -0.15) is 5.10 Å². The maximum atomic E-state index is 12.5. The lowest BCUT2D eigenvalue weighted by Gasteiger charge is -2.34. The van der Waals surface area contributed by atoms with Crippen molar-refractivity contribution in [1.82, 2.24) is 25.0 Å². The molecule has 1 fully saturated rings. The molecule has 0 radical (unpaired) electrons. The first-order chi connectivity index (χ1) is 12.1. The summed E-state index contributed by atoms with van der Waals surface area (Å²) in [6, 6.07) is 7.44. The predicted octanol–water partition coefficient (Wildman–Crippen LogP) is 1.29. The molecule has 134 valence electrons. The van der Waals surface area contributed by atoms with Crippen molar-refractivity contribution in [3.05, 3.63) is 42.0 Å². The van der Waals surface area contributed by atoms with E-state index in [0.29, 0.717) is 38.7 Å². The average molecular weight is 345 g/mol. The molecule has 1 atom stereocenters. The lowest BCUT2D eigenvalue weighted by atomic mass is 10.2. The van der Waals surface area contributed by atoms with Crippen LogP contribution in [0, 0.1) is 6.92 Å². The average Bonchev–Trinajstić information content (AvgIpc) is 3.04. The van der Waals surface area contributed by atoms with Crippen LogP contribution in [0.4, 0.5) is 4.79 Å². The lowest BCUT2D eigenvalue weighted by molar-refractivity contribution is 0.00731. The van der Waals surface area contributed by atoms with Gasteiger partial charge in [-0.25, -0.2) is 9.78 Å². The number of morpholine rings is 1. The van der Waals surface area contributed by atoms with E-state index in [2.05, 4.69) is 15.4 Å². The molecule has 2 aromatic rings. The highest BCUT2D eigenvalue weighted by atomic mass is 16.5. The van der Waals surface area contributed by atoms with Crippen LogP contribution in [-0.4, -0.2) is 58.6 Å². The first-order valence-corrected chi connectivity index (χ1v) is 8.30. The number of nitrogens with zero attached hydrogens (tertiary/aromatic N) is 4. The van der Waals surface area contributed by atoms with Gasteiger partial charge in [-0.15, -0.1) is 0 Å². The molecule has 0 spiro atoms. The minimum atomic E-state index is -0.237. The van der Waals surface area contributed by atoms with E-state index < -0.39 is 0 Å². The third-order valence-corrected chi connectivity index (χ3v) is 4.07. The van der Waals surface area contributed by atoms with E-state index in [4.69, 9.17) is 9.47 Å². The maximum Gasteiger partial charge on any atom is 0.318 e. The van der Waals surface area contributed by atoms with Crippen molar-refractivity contribution in [1.29, 1.82) is 0 Å². The van der Waals surface area contributed by atoms with Gasteiger partial charge in [0.25, 0.3) is 0 Å². The number of ether oxygens (including phenoxy) is 2. The van der Waals surface area contributed by atoms with Crippen molar-refractivity contribution < 1.29 is 14.3 Å². The smallest absolute Gasteiger partial charge is 0.318 e. The Morgan fingerprint density at radius 1 is 1.48 bits per heavy atom. The van der Waals surface area contributed by atoms with E-state index in [1.165, 1.54) is 6.33 Å². The van der Waals surface area contributed by atoms with Crippen molar-refractivity contribution in [3.63, 3.8) is 0 Å². The largest absolute Gasteiger partial charge is 0.492 e. The van der Waals surface area contributed by atoms with Crippen LogP contribution in [0.1, 0.15) is 17.4 Å². The normalized spacial score (nSPS) is 17.4. The number of aromatic nitrogens is 3. The minimum Gasteiger partial charge on any atom is -0.492 e. The van der Waals surface area contributed by atoms with Crippen molar-refractivity contribution in [2.75, 3.05) is 32.9 Å². The van der Waals surface area contributed by atoms with Crippen LogP contribution in [0.5, 0.6) is 5.75 Å². The van der Waals surface area contributed by atoms with Gasteiger partial charge in [0.1, 0.15) is 24.7 Å². The number of amides is 2. The van der Waals surface area contributed by atoms with Crippen LogP contribution in [0.25, 0.3) is 0 Å². The van der Waals surface area contributed by atoms with Gasteiger partial charge in [0, 0.05) is 13.6 Å². The highest BCUT2D eigenvalue weighted by Gasteiger charge is 2.31. The highest BCUT2D eigenvalue weighted by molar-refractivity contribution is 5.74. The molecular weight excluding hydrogens is 322 g/mol. The molecule has 2 amide bonds. The second kappa shape index (κ2) is 7.98. The van der Waals surface area contributed by atoms with E-state index >= 15 is 0 Å². The lowest BCUT2D eigenvalue weighted by Crippen LogP contribution is -2.49. The summed E-state index contributed by atoms with van der Waals surface area (Å²) in [6.45, 7) is 4.30. The molecule has 2 heterocycles. The Labute approximate surface area is 146 Å². The monoisotopic (exact) mass is 345 g/mol. The van der Waals surface area contributed by atoms with Crippen LogP contribution in [0.2, 0.25) is 0 Å². The van der Waals surface area contributed by atoms with Gasteiger partial charge in [-0.3, -0.25) is 4.68 Å². The van der Waals surface area contributed by atoms with Crippen LogP contribution in [0.15, 0.2) is 30.6 Å². The van der Waals surface area contributed by atoms with Gasteiger partial charge in [-0.05, 0) is 24.6 Å². The van der Waals surface area contributed by atoms with Crippen LogP contribution < -0.4 is 10.1 Å². The molecule has 25 heavy (non-hydrogen) atoms. The third kappa shape index (κ3) is 4.27. The summed E-state index contributed by atoms with van der Waals surface area (Å²) in [4.78, 5) is 18.5. The Morgan fingerprint density at radius 2 is 2.36 bits per heavy atom. The Balaban J connectivity index is 1.52. The molecule has 3 rings (SSSR count).